The van der Waals surface area contributed by atoms with Crippen molar-refractivity contribution in [3.63, 3.8) is 0 Å². The van der Waals surface area contributed by atoms with Crippen LogP contribution in [0.1, 0.15) is 10.6 Å². The Balaban J connectivity index is 1.52. The van der Waals surface area contributed by atoms with E-state index in [4.69, 9.17) is 0 Å². The van der Waals surface area contributed by atoms with Gasteiger partial charge in [-0.15, -0.1) is 22.0 Å². The molecule has 2 N–H and O–H groups in total. The molecule has 0 saturated heterocycles. The molecule has 0 aliphatic carbocycles. The van der Waals surface area contributed by atoms with Crippen molar-refractivity contribution in [2.24, 2.45) is 0 Å². The number of aryl methyl sites for hydroxylation is 1. The number of carbonyl (C=O) groups is 1. The molecule has 0 atom stereocenters. The van der Waals surface area contributed by atoms with Gasteiger partial charge < -0.3 is 5.32 Å². The van der Waals surface area contributed by atoms with Crippen LogP contribution in [0.25, 0.3) is 0 Å². The minimum absolute atomic E-state index is 0.0804. The zero-order valence-electron chi connectivity index (χ0n) is 15.0. The number of nitrogens with zero attached hydrogens (tertiary/aromatic N) is 2. The van der Waals surface area contributed by atoms with Gasteiger partial charge in [0.05, 0.1) is 10.6 Å². The molecule has 0 bridgehead atoms. The van der Waals surface area contributed by atoms with Gasteiger partial charge >= 0.3 is 0 Å². The summed E-state index contributed by atoms with van der Waals surface area (Å²) in [5.41, 5.74) is 1.70. The lowest BCUT2D eigenvalue weighted by Gasteiger charge is -2.08. The lowest BCUT2D eigenvalue weighted by atomic mass is 10.2. The molecule has 0 spiro atoms. The topological polar surface area (TPSA) is 101 Å². The quantitative estimate of drug-likeness (QED) is 0.563. The van der Waals surface area contributed by atoms with Crippen LogP contribution in [0, 0.1) is 6.92 Å². The van der Waals surface area contributed by atoms with Crippen LogP contribution >= 0.6 is 23.1 Å². The van der Waals surface area contributed by atoms with Crippen molar-refractivity contribution < 1.29 is 13.2 Å². The summed E-state index contributed by atoms with van der Waals surface area (Å²) in [6.45, 7) is 1.74. The first-order chi connectivity index (χ1) is 13.4. The van der Waals surface area contributed by atoms with E-state index in [1.807, 2.05) is 30.3 Å². The van der Waals surface area contributed by atoms with Gasteiger partial charge in [-0.25, -0.2) is 8.42 Å². The number of carbonyl (C=O) groups excluding carboxylic acids is 1. The Hall–Kier alpha value is -2.43. The number of hydrogen-bond acceptors (Lipinski definition) is 7. The fraction of sp³-hybridized carbons (Fsp3) is 0.167. The maximum absolute atomic E-state index is 12.4. The summed E-state index contributed by atoms with van der Waals surface area (Å²) in [5.74, 6) is 0.925. The Morgan fingerprint density at radius 3 is 2.43 bits per heavy atom. The van der Waals surface area contributed by atoms with Crippen LogP contribution in [-0.2, 0) is 20.6 Å². The molecular weight excluding hydrogens is 416 g/mol. The average Bonchev–Trinajstić information content (AvgIpc) is 3.07. The Kier molecular flexibility index (Phi) is 6.65. The maximum Gasteiger partial charge on any atom is 0.263 e. The predicted molar refractivity (Wildman–Crippen MR) is 113 cm³/mol. The molecule has 0 aliphatic heterocycles. The molecule has 2 aromatic carbocycles. The van der Waals surface area contributed by atoms with E-state index in [0.29, 0.717) is 16.4 Å². The molecule has 146 valence electrons. The van der Waals surface area contributed by atoms with Crippen LogP contribution in [0.3, 0.4) is 0 Å². The molecular formula is C18H18N4O3S3. The molecule has 1 aromatic heterocycles. The fourth-order valence-corrected chi connectivity index (χ4v) is 4.87. The van der Waals surface area contributed by atoms with E-state index in [2.05, 4.69) is 20.2 Å². The van der Waals surface area contributed by atoms with Gasteiger partial charge in [-0.3, -0.25) is 9.52 Å². The van der Waals surface area contributed by atoms with Crippen molar-refractivity contribution in [3.05, 3.63) is 65.2 Å². The molecule has 0 radical (unpaired) electrons. The Bertz CT molecular complexity index is 1040. The highest BCUT2D eigenvalue weighted by Gasteiger charge is 2.16. The SMILES string of the molecule is Cc1nnc(NS(=O)(=O)c2ccc(NC(=O)CSCc3ccccc3)cc2)s1. The van der Waals surface area contributed by atoms with Gasteiger partial charge in [0.15, 0.2) is 0 Å². The van der Waals surface area contributed by atoms with Crippen LogP contribution in [-0.4, -0.2) is 30.3 Å². The van der Waals surface area contributed by atoms with E-state index in [-0.39, 0.29) is 15.9 Å². The van der Waals surface area contributed by atoms with Crippen LogP contribution in [0.5, 0.6) is 0 Å². The number of rotatable bonds is 8. The van der Waals surface area contributed by atoms with Gasteiger partial charge in [0.1, 0.15) is 5.01 Å². The lowest BCUT2D eigenvalue weighted by Crippen LogP contribution is -2.15. The first-order valence-electron chi connectivity index (χ1n) is 8.27. The minimum Gasteiger partial charge on any atom is -0.325 e. The van der Waals surface area contributed by atoms with Crippen LogP contribution < -0.4 is 10.0 Å². The molecule has 0 saturated carbocycles. The minimum atomic E-state index is -3.75. The monoisotopic (exact) mass is 434 g/mol. The average molecular weight is 435 g/mol. The van der Waals surface area contributed by atoms with Crippen molar-refractivity contribution in [2.45, 2.75) is 17.6 Å². The summed E-state index contributed by atoms with van der Waals surface area (Å²) in [7, 11) is -3.75. The standard InChI is InChI=1S/C18H18N4O3S3/c1-13-20-21-18(27-13)22-28(24,25)16-9-7-15(8-10-16)19-17(23)12-26-11-14-5-3-2-4-6-14/h2-10H,11-12H2,1H3,(H,19,23)(H,21,22). The molecule has 3 aromatic rings. The largest absolute Gasteiger partial charge is 0.325 e. The Labute approximate surface area is 171 Å². The highest BCUT2D eigenvalue weighted by molar-refractivity contribution is 7.99. The predicted octanol–water partition coefficient (Wildman–Crippen LogP) is 3.52. The van der Waals surface area contributed by atoms with E-state index in [1.165, 1.54) is 23.9 Å². The number of thioether (sulfide) groups is 1. The summed E-state index contributed by atoms with van der Waals surface area (Å²) in [6, 6.07) is 15.9. The molecule has 7 nitrogen and oxygen atoms in total. The van der Waals surface area contributed by atoms with Gasteiger partial charge in [0.25, 0.3) is 10.0 Å². The number of amides is 1. The summed E-state index contributed by atoms with van der Waals surface area (Å²) in [5, 5.41) is 11.2. The van der Waals surface area contributed by atoms with Gasteiger partial charge in [-0.2, -0.15) is 0 Å². The molecule has 0 aliphatic rings. The van der Waals surface area contributed by atoms with Crippen molar-refractivity contribution in [2.75, 3.05) is 15.8 Å². The number of benzene rings is 2. The van der Waals surface area contributed by atoms with E-state index < -0.39 is 10.0 Å². The van der Waals surface area contributed by atoms with Gasteiger partial charge in [-0.05, 0) is 36.8 Å². The van der Waals surface area contributed by atoms with E-state index in [1.54, 1.807) is 19.1 Å². The van der Waals surface area contributed by atoms with Gasteiger partial charge in [-0.1, -0.05) is 41.7 Å². The van der Waals surface area contributed by atoms with Crippen molar-refractivity contribution in [1.82, 2.24) is 10.2 Å². The summed E-state index contributed by atoms with van der Waals surface area (Å²) < 4.78 is 27.1. The molecule has 0 fully saturated rings. The van der Waals surface area contributed by atoms with E-state index >= 15 is 0 Å². The lowest BCUT2D eigenvalue weighted by molar-refractivity contribution is -0.113. The highest BCUT2D eigenvalue weighted by Crippen LogP contribution is 2.21. The molecule has 3 rings (SSSR count). The van der Waals surface area contributed by atoms with E-state index in [9.17, 15) is 13.2 Å². The number of aromatic nitrogens is 2. The smallest absolute Gasteiger partial charge is 0.263 e. The van der Waals surface area contributed by atoms with Crippen molar-refractivity contribution >= 4 is 49.8 Å². The number of nitrogens with one attached hydrogen (secondary N) is 2. The first-order valence-corrected chi connectivity index (χ1v) is 11.7. The van der Waals surface area contributed by atoms with Gasteiger partial charge in [0.2, 0.25) is 11.0 Å². The van der Waals surface area contributed by atoms with Crippen molar-refractivity contribution in [1.29, 1.82) is 0 Å². The number of sulfonamides is 1. The van der Waals surface area contributed by atoms with Gasteiger partial charge in [0, 0.05) is 11.4 Å². The van der Waals surface area contributed by atoms with E-state index in [0.717, 1.165) is 22.7 Å². The summed E-state index contributed by atoms with van der Waals surface area (Å²) in [6.07, 6.45) is 0. The highest BCUT2D eigenvalue weighted by atomic mass is 32.2. The number of anilines is 2. The fourth-order valence-electron chi connectivity index (χ4n) is 2.26. The normalized spacial score (nSPS) is 11.2. The summed E-state index contributed by atoms with van der Waals surface area (Å²) in [4.78, 5) is 12.1. The third kappa shape index (κ3) is 5.78. The van der Waals surface area contributed by atoms with Crippen LogP contribution in [0.15, 0.2) is 59.5 Å². The second-order valence-corrected chi connectivity index (χ2v) is 9.63. The Morgan fingerprint density at radius 2 is 1.79 bits per heavy atom. The zero-order valence-corrected chi connectivity index (χ0v) is 17.4. The first kappa shape index (κ1) is 20.3. The molecule has 28 heavy (non-hydrogen) atoms. The summed E-state index contributed by atoms with van der Waals surface area (Å²) >= 11 is 2.67. The second kappa shape index (κ2) is 9.18. The van der Waals surface area contributed by atoms with Crippen LogP contribution in [0.2, 0.25) is 0 Å². The molecule has 0 unspecified atom stereocenters. The molecule has 10 heteroatoms. The zero-order chi connectivity index (χ0) is 20.0. The Morgan fingerprint density at radius 1 is 1.07 bits per heavy atom. The van der Waals surface area contributed by atoms with Crippen LogP contribution in [0.4, 0.5) is 10.8 Å². The third-order valence-electron chi connectivity index (χ3n) is 3.54. The third-order valence-corrected chi connectivity index (χ3v) is 6.78. The number of hydrogen-bond donors (Lipinski definition) is 2. The van der Waals surface area contributed by atoms with Crippen molar-refractivity contribution in [3.8, 4) is 0 Å². The molecule has 1 heterocycles. The second-order valence-electron chi connectivity index (χ2n) is 5.78. The maximum atomic E-state index is 12.4. The molecule has 1 amide bonds.